The van der Waals surface area contributed by atoms with Crippen LogP contribution in [0.15, 0.2) is 0 Å². The minimum atomic E-state index is -1.60. The molecule has 0 rings (SSSR count). The van der Waals surface area contributed by atoms with Gasteiger partial charge in [-0.05, 0) is 6.42 Å². The van der Waals surface area contributed by atoms with Crippen molar-refractivity contribution < 1.29 is 19.2 Å². The molecule has 4 nitrogen and oxygen atoms in total. The highest BCUT2D eigenvalue weighted by molar-refractivity contribution is 6.01. The molecular formula is C7H8O4. The van der Waals surface area contributed by atoms with Crippen molar-refractivity contribution in [3.63, 3.8) is 0 Å². The van der Waals surface area contributed by atoms with Crippen molar-refractivity contribution in [1.29, 1.82) is 0 Å². The average Bonchev–Trinajstić information content (AvgIpc) is 2.08. The maximum atomic E-state index is 10.2. The summed E-state index contributed by atoms with van der Waals surface area (Å²) in [6.45, 7) is 0. The smallest absolute Gasteiger partial charge is 0.140 e. The SMILES string of the molecule is O=CCCC(C=O)(C=O)C=O. The molecule has 0 bridgehead atoms. The van der Waals surface area contributed by atoms with E-state index in [-0.39, 0.29) is 31.7 Å². The lowest BCUT2D eigenvalue weighted by Gasteiger charge is -2.09. The van der Waals surface area contributed by atoms with Gasteiger partial charge in [0.15, 0.2) is 0 Å². The van der Waals surface area contributed by atoms with Crippen molar-refractivity contribution in [2.45, 2.75) is 12.8 Å². The van der Waals surface area contributed by atoms with E-state index in [1.54, 1.807) is 0 Å². The van der Waals surface area contributed by atoms with Crippen LogP contribution in [0.2, 0.25) is 0 Å². The summed E-state index contributed by atoms with van der Waals surface area (Å²) in [6, 6.07) is 0. The Balaban J connectivity index is 4.27. The van der Waals surface area contributed by atoms with Crippen molar-refractivity contribution in [2.75, 3.05) is 0 Å². The molecule has 0 amide bonds. The normalized spacial score (nSPS) is 10.2. The minimum absolute atomic E-state index is 0.0347. The molecule has 60 valence electrons. The average molecular weight is 156 g/mol. The van der Waals surface area contributed by atoms with E-state index >= 15 is 0 Å². The van der Waals surface area contributed by atoms with Crippen molar-refractivity contribution in [1.82, 2.24) is 0 Å². The van der Waals surface area contributed by atoms with Gasteiger partial charge in [-0.2, -0.15) is 0 Å². The standard InChI is InChI=1S/C7H8O4/c8-3-1-2-7(4-9,5-10)6-11/h3-6H,1-2H2. The van der Waals surface area contributed by atoms with Gasteiger partial charge in [-0.1, -0.05) is 0 Å². The van der Waals surface area contributed by atoms with E-state index in [9.17, 15) is 19.2 Å². The fourth-order valence-corrected chi connectivity index (χ4v) is 0.569. The molecule has 0 N–H and O–H groups in total. The van der Waals surface area contributed by atoms with Gasteiger partial charge in [0.1, 0.15) is 30.6 Å². The first kappa shape index (κ1) is 9.68. The van der Waals surface area contributed by atoms with E-state index in [0.717, 1.165) is 0 Å². The van der Waals surface area contributed by atoms with Crippen LogP contribution in [0.3, 0.4) is 0 Å². The van der Waals surface area contributed by atoms with E-state index in [0.29, 0.717) is 6.29 Å². The third-order valence-corrected chi connectivity index (χ3v) is 1.35. The van der Waals surface area contributed by atoms with Gasteiger partial charge in [0.05, 0.1) is 0 Å². The van der Waals surface area contributed by atoms with E-state index in [1.807, 2.05) is 0 Å². The van der Waals surface area contributed by atoms with Gasteiger partial charge >= 0.3 is 0 Å². The van der Waals surface area contributed by atoms with Crippen LogP contribution in [0.4, 0.5) is 0 Å². The molecule has 0 radical (unpaired) electrons. The Hall–Kier alpha value is -1.32. The second-order valence-corrected chi connectivity index (χ2v) is 2.17. The fourth-order valence-electron chi connectivity index (χ4n) is 0.569. The molecule has 0 aliphatic rings. The summed E-state index contributed by atoms with van der Waals surface area (Å²) in [5, 5.41) is 0. The second kappa shape index (κ2) is 4.49. The summed E-state index contributed by atoms with van der Waals surface area (Å²) in [7, 11) is 0. The van der Waals surface area contributed by atoms with Gasteiger partial charge in [-0.25, -0.2) is 0 Å². The Kier molecular flexibility index (Phi) is 3.95. The quantitative estimate of drug-likeness (QED) is 0.385. The largest absolute Gasteiger partial charge is 0.303 e. The lowest BCUT2D eigenvalue weighted by atomic mass is 9.89. The molecule has 0 spiro atoms. The van der Waals surface area contributed by atoms with Crippen molar-refractivity contribution >= 4 is 25.1 Å². The number of rotatable bonds is 6. The molecule has 0 atom stereocenters. The summed E-state index contributed by atoms with van der Waals surface area (Å²) in [4.78, 5) is 40.5. The van der Waals surface area contributed by atoms with Crippen LogP contribution < -0.4 is 0 Å². The van der Waals surface area contributed by atoms with E-state index in [1.165, 1.54) is 0 Å². The lowest BCUT2D eigenvalue weighted by Crippen LogP contribution is -2.26. The first-order valence-corrected chi connectivity index (χ1v) is 3.07. The summed E-state index contributed by atoms with van der Waals surface area (Å²) >= 11 is 0. The third kappa shape index (κ3) is 2.41. The van der Waals surface area contributed by atoms with Gasteiger partial charge in [0.25, 0.3) is 0 Å². The molecule has 0 unspecified atom stereocenters. The van der Waals surface area contributed by atoms with Gasteiger partial charge in [0.2, 0.25) is 0 Å². The minimum Gasteiger partial charge on any atom is -0.303 e. The lowest BCUT2D eigenvalue weighted by molar-refractivity contribution is -0.133. The Morgan fingerprint density at radius 3 is 1.64 bits per heavy atom. The highest BCUT2D eigenvalue weighted by Gasteiger charge is 2.27. The Morgan fingerprint density at radius 1 is 0.909 bits per heavy atom. The number of carbonyl (C=O) groups is 4. The molecule has 0 aliphatic heterocycles. The molecule has 0 aromatic heterocycles. The fraction of sp³-hybridized carbons (Fsp3) is 0.429. The molecule has 0 saturated heterocycles. The summed E-state index contributed by atoms with van der Waals surface area (Å²) in [5.74, 6) is 0. The van der Waals surface area contributed by atoms with E-state index < -0.39 is 5.41 Å². The van der Waals surface area contributed by atoms with E-state index in [2.05, 4.69) is 0 Å². The zero-order chi connectivity index (χ0) is 8.74. The number of carbonyl (C=O) groups excluding carboxylic acids is 4. The van der Waals surface area contributed by atoms with Crippen molar-refractivity contribution in [2.24, 2.45) is 5.41 Å². The molecule has 0 aliphatic carbocycles. The summed E-state index contributed by atoms with van der Waals surface area (Å²) in [6.07, 6.45) is 1.35. The maximum Gasteiger partial charge on any atom is 0.140 e. The Labute approximate surface area is 63.6 Å². The predicted molar refractivity (Wildman–Crippen MR) is 35.9 cm³/mol. The number of hydrogen-bond acceptors (Lipinski definition) is 4. The molecular weight excluding hydrogens is 148 g/mol. The zero-order valence-corrected chi connectivity index (χ0v) is 5.86. The van der Waals surface area contributed by atoms with Crippen LogP contribution in [-0.4, -0.2) is 25.1 Å². The Morgan fingerprint density at radius 2 is 1.36 bits per heavy atom. The molecule has 0 heterocycles. The molecule has 0 aromatic rings. The number of aldehydes is 4. The van der Waals surface area contributed by atoms with Crippen LogP contribution in [0.5, 0.6) is 0 Å². The highest BCUT2D eigenvalue weighted by atomic mass is 16.2. The van der Waals surface area contributed by atoms with Gasteiger partial charge in [-0.15, -0.1) is 0 Å². The zero-order valence-electron chi connectivity index (χ0n) is 5.86. The van der Waals surface area contributed by atoms with Crippen LogP contribution in [0.1, 0.15) is 12.8 Å². The van der Waals surface area contributed by atoms with Crippen LogP contribution in [0.25, 0.3) is 0 Å². The summed E-state index contributed by atoms with van der Waals surface area (Å²) < 4.78 is 0. The number of hydrogen-bond donors (Lipinski definition) is 0. The van der Waals surface area contributed by atoms with E-state index in [4.69, 9.17) is 0 Å². The topological polar surface area (TPSA) is 68.3 Å². The molecule has 11 heavy (non-hydrogen) atoms. The molecule has 0 fully saturated rings. The maximum absolute atomic E-state index is 10.2. The third-order valence-electron chi connectivity index (χ3n) is 1.35. The van der Waals surface area contributed by atoms with Gasteiger partial charge in [-0.3, -0.25) is 0 Å². The highest BCUT2D eigenvalue weighted by Crippen LogP contribution is 2.13. The monoisotopic (exact) mass is 156 g/mol. The van der Waals surface area contributed by atoms with Crippen LogP contribution in [-0.2, 0) is 19.2 Å². The molecule has 0 saturated carbocycles. The van der Waals surface area contributed by atoms with Crippen molar-refractivity contribution in [3.8, 4) is 0 Å². The van der Waals surface area contributed by atoms with Gasteiger partial charge in [0, 0.05) is 6.42 Å². The first-order chi connectivity index (χ1) is 5.24. The molecule has 4 heteroatoms. The second-order valence-electron chi connectivity index (χ2n) is 2.17. The van der Waals surface area contributed by atoms with Crippen LogP contribution >= 0.6 is 0 Å². The first-order valence-electron chi connectivity index (χ1n) is 3.07. The van der Waals surface area contributed by atoms with Crippen LogP contribution in [0, 0.1) is 5.41 Å². The summed E-state index contributed by atoms with van der Waals surface area (Å²) in [5.41, 5.74) is -1.60. The predicted octanol–water partition coefficient (Wildman–Crippen LogP) is -0.451. The van der Waals surface area contributed by atoms with Gasteiger partial charge < -0.3 is 19.2 Å². The Bertz CT molecular complexity index is 152. The van der Waals surface area contributed by atoms with Crippen molar-refractivity contribution in [3.05, 3.63) is 0 Å². The molecule has 0 aromatic carbocycles.